The Kier molecular flexibility index (Phi) is 6.47. The van der Waals surface area contributed by atoms with Crippen molar-refractivity contribution in [3.05, 3.63) is 63.6 Å². The monoisotopic (exact) mass is 377 g/mol. The summed E-state index contributed by atoms with van der Waals surface area (Å²) >= 11 is 3.49. The van der Waals surface area contributed by atoms with Crippen molar-refractivity contribution in [2.45, 2.75) is 20.5 Å². The number of aryl methyl sites for hydroxylation is 2. The molecule has 0 saturated heterocycles. The van der Waals surface area contributed by atoms with E-state index >= 15 is 0 Å². The topological polar surface area (TPSA) is 47.6 Å². The van der Waals surface area contributed by atoms with Crippen molar-refractivity contribution in [1.82, 2.24) is 5.32 Å². The second kappa shape index (κ2) is 8.58. The second-order valence-electron chi connectivity index (χ2n) is 5.20. The molecule has 0 aliphatic carbocycles. The molecule has 0 aliphatic heterocycles. The van der Waals surface area contributed by atoms with Gasteiger partial charge in [0.25, 0.3) is 0 Å². The van der Waals surface area contributed by atoms with Gasteiger partial charge in [0.1, 0.15) is 19.0 Å². The maximum atomic E-state index is 11.6. The Morgan fingerprint density at radius 1 is 1.13 bits per heavy atom. The Bertz CT molecular complexity index is 659. The minimum absolute atomic E-state index is 0.262. The Labute approximate surface area is 144 Å². The molecule has 0 saturated carbocycles. The molecule has 0 spiro atoms. The standard InChI is InChI=1S/C18H20BrNO3/c1-13-11-17(14(2)10-16(13)19)22-9-8-20-18(21)23-12-15-6-4-3-5-7-15/h3-7,10-11H,8-9,12H2,1-2H3,(H,20,21). The van der Waals surface area contributed by atoms with Gasteiger partial charge in [0, 0.05) is 4.47 Å². The number of benzene rings is 2. The first-order valence-electron chi connectivity index (χ1n) is 7.40. The molecule has 5 heteroatoms. The summed E-state index contributed by atoms with van der Waals surface area (Å²) in [6.07, 6.45) is -0.443. The van der Waals surface area contributed by atoms with E-state index in [0.29, 0.717) is 13.2 Å². The van der Waals surface area contributed by atoms with Crippen molar-refractivity contribution in [2.75, 3.05) is 13.2 Å². The summed E-state index contributed by atoms with van der Waals surface area (Å²) in [5, 5.41) is 2.67. The number of halogens is 1. The predicted octanol–water partition coefficient (Wildman–Crippen LogP) is 4.37. The lowest BCUT2D eigenvalue weighted by molar-refractivity contribution is 0.137. The first-order chi connectivity index (χ1) is 11.1. The minimum Gasteiger partial charge on any atom is -0.491 e. The lowest BCUT2D eigenvalue weighted by Crippen LogP contribution is -2.28. The molecule has 0 radical (unpaired) electrons. The van der Waals surface area contributed by atoms with Gasteiger partial charge in [0.05, 0.1) is 6.54 Å². The summed E-state index contributed by atoms with van der Waals surface area (Å²) in [4.78, 5) is 11.6. The van der Waals surface area contributed by atoms with Gasteiger partial charge >= 0.3 is 6.09 Å². The molecule has 2 aromatic rings. The summed E-state index contributed by atoms with van der Waals surface area (Å²) in [6.45, 7) is 5.04. The maximum absolute atomic E-state index is 11.6. The van der Waals surface area contributed by atoms with Crippen LogP contribution in [0, 0.1) is 13.8 Å². The van der Waals surface area contributed by atoms with Gasteiger partial charge < -0.3 is 14.8 Å². The zero-order valence-corrected chi connectivity index (χ0v) is 14.9. The smallest absolute Gasteiger partial charge is 0.407 e. The van der Waals surface area contributed by atoms with Crippen molar-refractivity contribution in [3.63, 3.8) is 0 Å². The van der Waals surface area contributed by atoms with Crippen molar-refractivity contribution in [2.24, 2.45) is 0 Å². The summed E-state index contributed by atoms with van der Waals surface area (Å²) in [5.74, 6) is 0.824. The third-order valence-electron chi connectivity index (χ3n) is 3.30. The van der Waals surface area contributed by atoms with Gasteiger partial charge in [0.15, 0.2) is 0 Å². The minimum atomic E-state index is -0.443. The van der Waals surface area contributed by atoms with E-state index in [0.717, 1.165) is 26.9 Å². The highest BCUT2D eigenvalue weighted by atomic mass is 79.9. The first-order valence-corrected chi connectivity index (χ1v) is 8.19. The molecular formula is C18H20BrNO3. The Morgan fingerprint density at radius 2 is 1.87 bits per heavy atom. The van der Waals surface area contributed by atoms with Gasteiger partial charge in [-0.2, -0.15) is 0 Å². The van der Waals surface area contributed by atoms with Gasteiger partial charge in [-0.3, -0.25) is 0 Å². The fourth-order valence-corrected chi connectivity index (χ4v) is 2.46. The molecule has 2 rings (SSSR count). The van der Waals surface area contributed by atoms with Crippen LogP contribution in [0.2, 0.25) is 0 Å². The van der Waals surface area contributed by atoms with Crippen molar-refractivity contribution in [3.8, 4) is 5.75 Å². The van der Waals surface area contributed by atoms with Crippen LogP contribution in [-0.4, -0.2) is 19.2 Å². The Balaban J connectivity index is 1.69. The van der Waals surface area contributed by atoms with E-state index in [2.05, 4.69) is 21.2 Å². The highest BCUT2D eigenvalue weighted by Crippen LogP contribution is 2.26. The summed E-state index contributed by atoms with van der Waals surface area (Å²) in [6, 6.07) is 13.6. The SMILES string of the molecule is Cc1cc(OCCNC(=O)OCc2ccccc2)c(C)cc1Br. The van der Waals surface area contributed by atoms with Gasteiger partial charge in [-0.1, -0.05) is 46.3 Å². The number of hydrogen-bond acceptors (Lipinski definition) is 3. The van der Waals surface area contributed by atoms with E-state index in [-0.39, 0.29) is 6.61 Å². The van der Waals surface area contributed by atoms with E-state index in [1.165, 1.54) is 0 Å². The number of ether oxygens (including phenoxy) is 2. The normalized spacial score (nSPS) is 10.2. The Morgan fingerprint density at radius 3 is 2.61 bits per heavy atom. The zero-order valence-electron chi connectivity index (χ0n) is 13.3. The fourth-order valence-electron chi connectivity index (χ4n) is 2.00. The van der Waals surface area contributed by atoms with Gasteiger partial charge in [-0.05, 0) is 42.7 Å². The molecule has 23 heavy (non-hydrogen) atoms. The molecule has 2 aromatic carbocycles. The lowest BCUT2D eigenvalue weighted by Gasteiger charge is -2.12. The molecule has 0 heterocycles. The molecule has 1 N–H and O–H groups in total. The van der Waals surface area contributed by atoms with E-state index in [1.807, 2.05) is 56.3 Å². The number of nitrogens with one attached hydrogen (secondary N) is 1. The number of carbonyl (C=O) groups excluding carboxylic acids is 1. The fraction of sp³-hybridized carbons (Fsp3) is 0.278. The van der Waals surface area contributed by atoms with Gasteiger partial charge in [-0.25, -0.2) is 4.79 Å². The van der Waals surface area contributed by atoms with Gasteiger partial charge in [0.2, 0.25) is 0 Å². The summed E-state index contributed by atoms with van der Waals surface area (Å²) < 4.78 is 11.9. The van der Waals surface area contributed by atoms with Crippen LogP contribution in [0.25, 0.3) is 0 Å². The number of amides is 1. The van der Waals surface area contributed by atoms with E-state index in [1.54, 1.807) is 0 Å². The maximum Gasteiger partial charge on any atom is 0.407 e. The van der Waals surface area contributed by atoms with E-state index in [4.69, 9.17) is 9.47 Å². The predicted molar refractivity (Wildman–Crippen MR) is 93.7 cm³/mol. The van der Waals surface area contributed by atoms with Crippen LogP contribution in [0.3, 0.4) is 0 Å². The van der Waals surface area contributed by atoms with Crippen molar-refractivity contribution < 1.29 is 14.3 Å². The van der Waals surface area contributed by atoms with Crippen LogP contribution in [0.1, 0.15) is 16.7 Å². The van der Waals surface area contributed by atoms with Crippen LogP contribution in [0.4, 0.5) is 4.79 Å². The highest BCUT2D eigenvalue weighted by Gasteiger charge is 2.05. The Hall–Kier alpha value is -2.01. The van der Waals surface area contributed by atoms with Crippen molar-refractivity contribution in [1.29, 1.82) is 0 Å². The zero-order chi connectivity index (χ0) is 16.7. The van der Waals surface area contributed by atoms with Crippen molar-refractivity contribution >= 4 is 22.0 Å². The number of rotatable bonds is 6. The molecular weight excluding hydrogens is 358 g/mol. The molecule has 0 bridgehead atoms. The molecule has 0 unspecified atom stereocenters. The highest BCUT2D eigenvalue weighted by molar-refractivity contribution is 9.10. The largest absolute Gasteiger partial charge is 0.491 e. The van der Waals surface area contributed by atoms with E-state index in [9.17, 15) is 4.79 Å². The van der Waals surface area contributed by atoms with Crippen LogP contribution in [-0.2, 0) is 11.3 Å². The number of alkyl carbamates (subject to hydrolysis) is 1. The molecule has 0 aromatic heterocycles. The molecule has 0 atom stereocenters. The molecule has 0 fully saturated rings. The van der Waals surface area contributed by atoms with Crippen LogP contribution >= 0.6 is 15.9 Å². The molecule has 0 aliphatic rings. The van der Waals surface area contributed by atoms with Gasteiger partial charge in [-0.15, -0.1) is 0 Å². The van der Waals surface area contributed by atoms with Crippen LogP contribution in [0.5, 0.6) is 5.75 Å². The third kappa shape index (κ3) is 5.60. The first kappa shape index (κ1) is 17.3. The molecule has 4 nitrogen and oxygen atoms in total. The number of hydrogen-bond donors (Lipinski definition) is 1. The molecule has 1 amide bonds. The average Bonchev–Trinajstić information content (AvgIpc) is 2.55. The van der Waals surface area contributed by atoms with Crippen LogP contribution < -0.4 is 10.1 Å². The quantitative estimate of drug-likeness (QED) is 0.760. The second-order valence-corrected chi connectivity index (χ2v) is 6.06. The van der Waals surface area contributed by atoms with Crippen LogP contribution in [0.15, 0.2) is 46.9 Å². The molecule has 122 valence electrons. The third-order valence-corrected chi connectivity index (χ3v) is 4.15. The lowest BCUT2D eigenvalue weighted by atomic mass is 10.1. The summed E-state index contributed by atoms with van der Waals surface area (Å²) in [7, 11) is 0. The summed E-state index contributed by atoms with van der Waals surface area (Å²) in [5.41, 5.74) is 3.12. The number of carbonyl (C=O) groups is 1. The average molecular weight is 378 g/mol. The van der Waals surface area contributed by atoms with E-state index < -0.39 is 6.09 Å².